The molecule has 1 heterocycles. The number of sulfone groups is 1. The van der Waals surface area contributed by atoms with Gasteiger partial charge in [-0.1, -0.05) is 6.92 Å². The molecule has 0 unspecified atom stereocenters. The van der Waals surface area contributed by atoms with Gasteiger partial charge in [0.2, 0.25) is 9.84 Å². The topological polar surface area (TPSA) is 95.4 Å². The molecule has 104 valence electrons. The SMILES string of the molecule is CCCOCCS(=O)(=O)c1nc2ccc(N)cc2o1. The molecule has 0 saturated carbocycles. The molecular weight excluding hydrogens is 268 g/mol. The lowest BCUT2D eigenvalue weighted by atomic mass is 10.3. The van der Waals surface area contributed by atoms with Gasteiger partial charge in [-0.2, -0.15) is 4.98 Å². The summed E-state index contributed by atoms with van der Waals surface area (Å²) in [6.07, 6.45) is 0.849. The summed E-state index contributed by atoms with van der Waals surface area (Å²) in [7, 11) is -3.56. The smallest absolute Gasteiger partial charge is 0.316 e. The van der Waals surface area contributed by atoms with E-state index in [-0.39, 0.29) is 17.6 Å². The third kappa shape index (κ3) is 3.24. The van der Waals surface area contributed by atoms with E-state index >= 15 is 0 Å². The third-order valence-electron chi connectivity index (χ3n) is 2.50. The number of fused-ring (bicyclic) bond motifs is 1. The molecular formula is C12H16N2O4S. The number of oxazole rings is 1. The molecule has 0 spiro atoms. The van der Waals surface area contributed by atoms with Crippen molar-refractivity contribution in [3.63, 3.8) is 0 Å². The van der Waals surface area contributed by atoms with Crippen LogP contribution in [0.1, 0.15) is 13.3 Å². The van der Waals surface area contributed by atoms with Gasteiger partial charge in [-0.3, -0.25) is 0 Å². The first-order valence-corrected chi connectivity index (χ1v) is 7.65. The van der Waals surface area contributed by atoms with Crippen LogP contribution in [-0.4, -0.2) is 32.4 Å². The maximum Gasteiger partial charge on any atom is 0.316 e. The highest BCUT2D eigenvalue weighted by Crippen LogP contribution is 2.21. The third-order valence-corrected chi connectivity index (χ3v) is 3.91. The van der Waals surface area contributed by atoms with Gasteiger partial charge in [0.1, 0.15) is 5.52 Å². The molecule has 0 saturated heterocycles. The van der Waals surface area contributed by atoms with Crippen LogP contribution in [0.5, 0.6) is 0 Å². The fourth-order valence-electron chi connectivity index (χ4n) is 1.56. The van der Waals surface area contributed by atoms with Gasteiger partial charge >= 0.3 is 5.22 Å². The second kappa shape index (κ2) is 5.58. The maximum atomic E-state index is 12.0. The molecule has 2 rings (SSSR count). The molecule has 1 aromatic carbocycles. The van der Waals surface area contributed by atoms with E-state index in [0.717, 1.165) is 6.42 Å². The number of hydrogen-bond acceptors (Lipinski definition) is 6. The van der Waals surface area contributed by atoms with Gasteiger partial charge in [0, 0.05) is 18.4 Å². The zero-order valence-corrected chi connectivity index (χ0v) is 11.4. The van der Waals surface area contributed by atoms with Crippen LogP contribution in [0.15, 0.2) is 27.8 Å². The monoisotopic (exact) mass is 284 g/mol. The first-order chi connectivity index (χ1) is 9.03. The predicted octanol–water partition coefficient (Wildman–Crippen LogP) is 1.61. The van der Waals surface area contributed by atoms with Crippen molar-refractivity contribution in [2.24, 2.45) is 0 Å². The van der Waals surface area contributed by atoms with Gasteiger partial charge in [-0.25, -0.2) is 8.42 Å². The number of nitrogens with zero attached hydrogens (tertiary/aromatic N) is 1. The molecule has 0 radical (unpaired) electrons. The van der Waals surface area contributed by atoms with E-state index in [4.69, 9.17) is 14.9 Å². The van der Waals surface area contributed by atoms with Crippen molar-refractivity contribution in [1.82, 2.24) is 4.98 Å². The molecule has 2 N–H and O–H groups in total. The van der Waals surface area contributed by atoms with E-state index in [2.05, 4.69) is 4.98 Å². The van der Waals surface area contributed by atoms with Gasteiger partial charge in [0.25, 0.3) is 0 Å². The average molecular weight is 284 g/mol. The molecule has 2 aromatic rings. The van der Waals surface area contributed by atoms with Crippen molar-refractivity contribution in [1.29, 1.82) is 0 Å². The highest BCUT2D eigenvalue weighted by Gasteiger charge is 2.21. The standard InChI is InChI=1S/C12H16N2O4S/c1-2-5-17-6-7-19(15,16)12-14-10-4-3-9(13)8-11(10)18-12/h3-4,8H,2,5-7,13H2,1H3. The number of benzene rings is 1. The highest BCUT2D eigenvalue weighted by atomic mass is 32.2. The first-order valence-electron chi connectivity index (χ1n) is 5.99. The van der Waals surface area contributed by atoms with Crippen LogP contribution in [0, 0.1) is 0 Å². The Morgan fingerprint density at radius 3 is 2.89 bits per heavy atom. The number of nitrogen functional groups attached to an aromatic ring is 1. The van der Waals surface area contributed by atoms with Gasteiger partial charge in [-0.15, -0.1) is 0 Å². The van der Waals surface area contributed by atoms with Crippen molar-refractivity contribution < 1.29 is 17.6 Å². The second-order valence-electron chi connectivity index (χ2n) is 4.14. The summed E-state index contributed by atoms with van der Waals surface area (Å²) in [4.78, 5) is 3.96. The summed E-state index contributed by atoms with van der Waals surface area (Å²) in [5.41, 5.74) is 6.94. The summed E-state index contributed by atoms with van der Waals surface area (Å²) >= 11 is 0. The van der Waals surface area contributed by atoms with Gasteiger partial charge in [-0.05, 0) is 18.6 Å². The molecule has 1 aromatic heterocycles. The van der Waals surface area contributed by atoms with Crippen LogP contribution in [0.3, 0.4) is 0 Å². The minimum atomic E-state index is -3.56. The van der Waals surface area contributed by atoms with Gasteiger partial charge < -0.3 is 14.9 Å². The fourth-order valence-corrected chi connectivity index (χ4v) is 2.52. The molecule has 19 heavy (non-hydrogen) atoms. The van der Waals surface area contributed by atoms with Gasteiger partial charge in [0.15, 0.2) is 5.58 Å². The second-order valence-corrected chi connectivity index (χ2v) is 6.13. The number of nitrogens with two attached hydrogens (primary N) is 1. The molecule has 0 bridgehead atoms. The number of rotatable bonds is 6. The largest absolute Gasteiger partial charge is 0.428 e. The minimum absolute atomic E-state index is 0.136. The Bertz CT molecular complexity index is 663. The number of aromatic nitrogens is 1. The fraction of sp³-hybridized carbons (Fsp3) is 0.417. The highest BCUT2D eigenvalue weighted by molar-refractivity contribution is 7.91. The van der Waals surface area contributed by atoms with Crippen molar-refractivity contribution in [3.8, 4) is 0 Å². The Labute approximate surface area is 111 Å². The first kappa shape index (κ1) is 13.8. The Morgan fingerprint density at radius 1 is 1.37 bits per heavy atom. The Hall–Kier alpha value is -1.60. The van der Waals surface area contributed by atoms with Crippen LogP contribution in [0.25, 0.3) is 11.1 Å². The normalized spacial score (nSPS) is 12.1. The summed E-state index contributed by atoms with van der Waals surface area (Å²) < 4.78 is 34.4. The zero-order valence-electron chi connectivity index (χ0n) is 10.6. The maximum absolute atomic E-state index is 12.0. The Kier molecular flexibility index (Phi) is 4.06. The van der Waals surface area contributed by atoms with Crippen LogP contribution < -0.4 is 5.73 Å². The molecule has 0 aliphatic heterocycles. The molecule has 0 atom stereocenters. The summed E-state index contributed by atoms with van der Waals surface area (Å²) in [6.45, 7) is 2.64. The summed E-state index contributed by atoms with van der Waals surface area (Å²) in [6, 6.07) is 4.82. The quantitative estimate of drug-likeness (QED) is 0.639. The lowest BCUT2D eigenvalue weighted by molar-refractivity contribution is 0.149. The Morgan fingerprint density at radius 2 is 2.16 bits per heavy atom. The Balaban J connectivity index is 2.18. The van der Waals surface area contributed by atoms with Crippen LogP contribution in [0.4, 0.5) is 5.69 Å². The zero-order chi connectivity index (χ0) is 13.9. The van der Waals surface area contributed by atoms with Crippen LogP contribution in [0.2, 0.25) is 0 Å². The van der Waals surface area contributed by atoms with Crippen molar-refractivity contribution in [3.05, 3.63) is 18.2 Å². The molecule has 0 aliphatic rings. The van der Waals surface area contributed by atoms with Crippen molar-refractivity contribution >= 4 is 26.6 Å². The summed E-state index contributed by atoms with van der Waals surface area (Å²) in [5.74, 6) is -0.144. The number of ether oxygens (including phenoxy) is 1. The molecule has 0 aliphatic carbocycles. The van der Waals surface area contributed by atoms with Gasteiger partial charge in [0.05, 0.1) is 12.4 Å². The van der Waals surface area contributed by atoms with E-state index in [1.807, 2.05) is 6.92 Å². The van der Waals surface area contributed by atoms with E-state index in [9.17, 15) is 8.42 Å². The minimum Gasteiger partial charge on any atom is -0.428 e. The van der Waals surface area contributed by atoms with Crippen LogP contribution >= 0.6 is 0 Å². The molecule has 0 amide bonds. The lowest BCUT2D eigenvalue weighted by Gasteiger charge is -2.01. The summed E-state index contributed by atoms with van der Waals surface area (Å²) in [5, 5.41) is -0.284. The van der Waals surface area contributed by atoms with E-state index in [0.29, 0.717) is 23.4 Å². The lowest BCUT2D eigenvalue weighted by Crippen LogP contribution is -2.13. The van der Waals surface area contributed by atoms with E-state index in [1.54, 1.807) is 18.2 Å². The predicted molar refractivity (Wildman–Crippen MR) is 71.6 cm³/mol. The van der Waals surface area contributed by atoms with E-state index < -0.39 is 9.84 Å². The molecule has 6 nitrogen and oxygen atoms in total. The number of hydrogen-bond donors (Lipinski definition) is 1. The average Bonchev–Trinajstić information content (AvgIpc) is 2.78. The molecule has 7 heteroatoms. The number of anilines is 1. The van der Waals surface area contributed by atoms with E-state index in [1.165, 1.54) is 0 Å². The molecule has 0 fully saturated rings. The van der Waals surface area contributed by atoms with Crippen molar-refractivity contribution in [2.75, 3.05) is 24.7 Å². The van der Waals surface area contributed by atoms with Crippen LogP contribution in [-0.2, 0) is 14.6 Å². The van der Waals surface area contributed by atoms with Crippen molar-refractivity contribution in [2.45, 2.75) is 18.6 Å².